The van der Waals surface area contributed by atoms with Crippen LogP contribution in [0.3, 0.4) is 0 Å². The fourth-order valence-corrected chi connectivity index (χ4v) is 3.17. The number of aryl methyl sites for hydroxylation is 2. The van der Waals surface area contributed by atoms with Gasteiger partial charge in [-0.15, -0.1) is 0 Å². The van der Waals surface area contributed by atoms with Crippen molar-refractivity contribution in [1.82, 2.24) is 15.3 Å². The lowest BCUT2D eigenvalue weighted by Crippen LogP contribution is -2.13. The van der Waals surface area contributed by atoms with Crippen LogP contribution in [0.2, 0.25) is 5.02 Å². The van der Waals surface area contributed by atoms with Gasteiger partial charge in [0, 0.05) is 22.8 Å². The molecule has 0 atom stereocenters. The van der Waals surface area contributed by atoms with Crippen molar-refractivity contribution in [2.75, 3.05) is 6.54 Å². The highest BCUT2D eigenvalue weighted by molar-refractivity contribution is 7.99. The fraction of sp³-hybridized carbons (Fsp3) is 0.375. The van der Waals surface area contributed by atoms with Crippen LogP contribution < -0.4 is 5.32 Å². The summed E-state index contributed by atoms with van der Waals surface area (Å²) in [5, 5.41) is 4.86. The number of nitrogens with one attached hydrogen (secondary N) is 1. The molecule has 0 bridgehead atoms. The normalized spacial score (nSPS) is 10.9. The van der Waals surface area contributed by atoms with Crippen LogP contribution >= 0.6 is 23.4 Å². The maximum atomic E-state index is 6.37. The van der Waals surface area contributed by atoms with Gasteiger partial charge in [-0.2, -0.15) is 0 Å². The second kappa shape index (κ2) is 7.78. The zero-order chi connectivity index (χ0) is 15.2. The first kappa shape index (κ1) is 16.3. The minimum Gasteiger partial charge on any atom is -0.313 e. The Hall–Kier alpha value is -1.10. The first-order valence-electron chi connectivity index (χ1n) is 7.07. The minimum absolute atomic E-state index is 0.742. The third kappa shape index (κ3) is 4.99. The van der Waals surface area contributed by atoms with E-state index in [2.05, 4.69) is 28.3 Å². The average molecular weight is 322 g/mol. The molecule has 0 saturated heterocycles. The Morgan fingerprint density at radius 2 is 1.86 bits per heavy atom. The highest BCUT2D eigenvalue weighted by Crippen LogP contribution is 2.32. The monoisotopic (exact) mass is 321 g/mol. The van der Waals surface area contributed by atoms with Crippen molar-refractivity contribution < 1.29 is 0 Å². The number of hydrogen-bond donors (Lipinski definition) is 1. The van der Waals surface area contributed by atoms with E-state index < -0.39 is 0 Å². The average Bonchev–Trinajstić information content (AvgIpc) is 2.41. The third-order valence-corrected chi connectivity index (χ3v) is 4.28. The zero-order valence-corrected chi connectivity index (χ0v) is 14.2. The number of nitrogens with zero attached hydrogens (tertiary/aromatic N) is 2. The van der Waals surface area contributed by atoms with Crippen molar-refractivity contribution in [3.63, 3.8) is 0 Å². The quantitative estimate of drug-likeness (QED) is 0.632. The Balaban J connectivity index is 2.10. The van der Waals surface area contributed by atoms with Crippen LogP contribution in [0.4, 0.5) is 0 Å². The minimum atomic E-state index is 0.742. The molecule has 112 valence electrons. The fourth-order valence-electron chi connectivity index (χ4n) is 1.98. The lowest BCUT2D eigenvalue weighted by atomic mass is 10.2. The van der Waals surface area contributed by atoms with Gasteiger partial charge >= 0.3 is 0 Å². The lowest BCUT2D eigenvalue weighted by molar-refractivity contribution is 0.675. The molecule has 0 aliphatic heterocycles. The molecule has 0 aliphatic carbocycles. The summed E-state index contributed by atoms with van der Waals surface area (Å²) in [7, 11) is 0. The highest BCUT2D eigenvalue weighted by atomic mass is 35.5. The second-order valence-corrected chi connectivity index (χ2v) is 6.39. The Morgan fingerprint density at radius 1 is 1.14 bits per heavy atom. The first-order valence-corrected chi connectivity index (χ1v) is 8.27. The molecule has 0 aliphatic rings. The highest BCUT2D eigenvalue weighted by Gasteiger charge is 2.07. The van der Waals surface area contributed by atoms with Crippen LogP contribution in [-0.4, -0.2) is 16.5 Å². The molecular formula is C16H20ClN3S. The van der Waals surface area contributed by atoms with E-state index in [4.69, 9.17) is 11.6 Å². The van der Waals surface area contributed by atoms with E-state index in [1.54, 1.807) is 0 Å². The summed E-state index contributed by atoms with van der Waals surface area (Å²) in [5.74, 6) is 0. The second-order valence-electron chi connectivity index (χ2n) is 4.98. The van der Waals surface area contributed by atoms with Gasteiger partial charge in [0.25, 0.3) is 0 Å². The van der Waals surface area contributed by atoms with E-state index in [1.807, 2.05) is 32.0 Å². The molecule has 3 nitrogen and oxygen atoms in total. The summed E-state index contributed by atoms with van der Waals surface area (Å²) < 4.78 is 0. The SMILES string of the molecule is CCCNCc1ccc(Sc2nc(C)cc(C)n2)c(Cl)c1. The van der Waals surface area contributed by atoms with Gasteiger partial charge in [0.05, 0.1) is 5.02 Å². The van der Waals surface area contributed by atoms with E-state index in [9.17, 15) is 0 Å². The summed E-state index contributed by atoms with van der Waals surface area (Å²) in [6.07, 6.45) is 1.13. The molecule has 0 unspecified atom stereocenters. The van der Waals surface area contributed by atoms with Crippen molar-refractivity contribution in [2.24, 2.45) is 0 Å². The maximum Gasteiger partial charge on any atom is 0.192 e. The topological polar surface area (TPSA) is 37.8 Å². The molecule has 1 heterocycles. The van der Waals surface area contributed by atoms with Gasteiger partial charge in [-0.3, -0.25) is 0 Å². The predicted molar refractivity (Wildman–Crippen MR) is 89.1 cm³/mol. The Bertz CT molecular complexity index is 596. The summed E-state index contributed by atoms with van der Waals surface area (Å²) in [6, 6.07) is 8.11. The number of benzene rings is 1. The van der Waals surface area contributed by atoms with E-state index in [0.29, 0.717) is 0 Å². The molecular weight excluding hydrogens is 302 g/mol. The Kier molecular flexibility index (Phi) is 6.03. The number of halogens is 1. The molecule has 0 spiro atoms. The molecule has 21 heavy (non-hydrogen) atoms. The molecule has 0 saturated carbocycles. The number of aromatic nitrogens is 2. The third-order valence-electron chi connectivity index (χ3n) is 2.92. The van der Waals surface area contributed by atoms with E-state index in [1.165, 1.54) is 17.3 Å². The van der Waals surface area contributed by atoms with Gasteiger partial charge < -0.3 is 5.32 Å². The van der Waals surface area contributed by atoms with Gasteiger partial charge in [-0.25, -0.2) is 9.97 Å². The van der Waals surface area contributed by atoms with Crippen molar-refractivity contribution >= 4 is 23.4 Å². The van der Waals surface area contributed by atoms with Gasteiger partial charge in [0.15, 0.2) is 5.16 Å². The maximum absolute atomic E-state index is 6.37. The summed E-state index contributed by atoms with van der Waals surface area (Å²) in [4.78, 5) is 9.86. The first-order chi connectivity index (χ1) is 10.1. The zero-order valence-electron chi connectivity index (χ0n) is 12.6. The summed E-state index contributed by atoms with van der Waals surface area (Å²) in [6.45, 7) is 7.97. The molecule has 5 heteroatoms. The molecule has 0 amide bonds. The molecule has 1 N–H and O–H groups in total. The lowest BCUT2D eigenvalue weighted by Gasteiger charge is -2.08. The van der Waals surface area contributed by atoms with Crippen molar-refractivity contribution in [3.8, 4) is 0 Å². The van der Waals surface area contributed by atoms with Crippen molar-refractivity contribution in [1.29, 1.82) is 0 Å². The largest absolute Gasteiger partial charge is 0.313 e. The number of rotatable bonds is 6. The van der Waals surface area contributed by atoms with E-state index in [-0.39, 0.29) is 0 Å². The van der Waals surface area contributed by atoms with Crippen molar-refractivity contribution in [3.05, 3.63) is 46.2 Å². The molecule has 0 fully saturated rings. The molecule has 1 aromatic heterocycles. The smallest absolute Gasteiger partial charge is 0.192 e. The summed E-state index contributed by atoms with van der Waals surface area (Å²) >= 11 is 7.87. The molecule has 2 rings (SSSR count). The molecule has 0 radical (unpaired) electrons. The van der Waals surface area contributed by atoms with E-state index >= 15 is 0 Å². The van der Waals surface area contributed by atoms with Gasteiger partial charge in [-0.05, 0) is 62.3 Å². The molecule has 1 aromatic carbocycles. The molecule has 2 aromatic rings. The van der Waals surface area contributed by atoms with Crippen LogP contribution in [0, 0.1) is 13.8 Å². The van der Waals surface area contributed by atoms with E-state index in [0.717, 1.165) is 46.0 Å². The van der Waals surface area contributed by atoms with Crippen LogP contribution in [0.5, 0.6) is 0 Å². The number of hydrogen-bond acceptors (Lipinski definition) is 4. The van der Waals surface area contributed by atoms with Crippen LogP contribution in [0.15, 0.2) is 34.3 Å². The van der Waals surface area contributed by atoms with Crippen molar-refractivity contribution in [2.45, 2.75) is 43.8 Å². The Morgan fingerprint density at radius 3 is 2.48 bits per heavy atom. The van der Waals surface area contributed by atoms with Crippen LogP contribution in [-0.2, 0) is 6.54 Å². The van der Waals surface area contributed by atoms with Crippen LogP contribution in [0.25, 0.3) is 0 Å². The van der Waals surface area contributed by atoms with Gasteiger partial charge in [-0.1, -0.05) is 24.6 Å². The standard InChI is InChI=1S/C16H20ClN3S/c1-4-7-18-10-13-5-6-15(14(17)9-13)21-16-19-11(2)8-12(3)20-16/h5-6,8-9,18H,4,7,10H2,1-3H3. The summed E-state index contributed by atoms with van der Waals surface area (Å²) in [5.41, 5.74) is 3.14. The predicted octanol–water partition coefficient (Wildman–Crippen LogP) is 4.40. The Labute approximate surface area is 135 Å². The van der Waals surface area contributed by atoms with Crippen LogP contribution in [0.1, 0.15) is 30.3 Å². The van der Waals surface area contributed by atoms with Gasteiger partial charge in [0.1, 0.15) is 0 Å². The van der Waals surface area contributed by atoms with Gasteiger partial charge in [0.2, 0.25) is 0 Å².